The molecule has 0 aromatic rings. The number of carboxylic acid groups (broad SMARTS) is 1. The Morgan fingerprint density at radius 2 is 1.67 bits per heavy atom. The van der Waals surface area contributed by atoms with Gasteiger partial charge in [-0.1, -0.05) is 14.9 Å². The lowest BCUT2D eigenvalue weighted by molar-refractivity contribution is -0.309. The largest absolute Gasteiger partial charge is 1.00 e. The number of carbonyl (C=O) groups is 1. The summed E-state index contributed by atoms with van der Waals surface area (Å²) in [7, 11) is 0.500. The van der Waals surface area contributed by atoms with Crippen LogP contribution in [0, 0.1) is 0 Å². The van der Waals surface area contributed by atoms with E-state index in [0.717, 1.165) is 0 Å². The first-order valence-corrected chi connectivity index (χ1v) is 2.37. The summed E-state index contributed by atoms with van der Waals surface area (Å²) >= 11 is 0. The molecule has 0 radical (unpaired) electrons. The summed E-state index contributed by atoms with van der Waals surface area (Å²) in [6.45, 7) is 0.531. The number of aliphatic carboxylic acids is 1. The van der Waals surface area contributed by atoms with E-state index < -0.39 is 18.3 Å². The van der Waals surface area contributed by atoms with Gasteiger partial charge >= 0.3 is 1.43 Å². The molecule has 0 spiro atoms. The SMILES string of the molecule is C.C.CC(F)(F)CC(=O)[O-].CF.[H+]. The van der Waals surface area contributed by atoms with Crippen LogP contribution in [0.25, 0.3) is 0 Å². The molecule has 5 heteroatoms. The molecule has 0 fully saturated rings. The summed E-state index contributed by atoms with van der Waals surface area (Å²) in [6, 6.07) is 0. The van der Waals surface area contributed by atoms with E-state index in [4.69, 9.17) is 0 Å². The molecule has 2 nitrogen and oxygen atoms in total. The molecule has 0 aromatic heterocycles. The Hall–Kier alpha value is -0.740. The molecule has 0 N–H and O–H groups in total. The van der Waals surface area contributed by atoms with Gasteiger partial charge in [-0.2, -0.15) is 0 Å². The predicted octanol–water partition coefficient (Wildman–Crippen LogP) is 1.75. The molecule has 0 aliphatic carbocycles. The Kier molecular flexibility index (Phi) is 19.2. The van der Waals surface area contributed by atoms with Crippen molar-refractivity contribution in [3.8, 4) is 0 Å². The van der Waals surface area contributed by atoms with Crippen LogP contribution < -0.4 is 5.11 Å². The average molecular weight is 190 g/mol. The van der Waals surface area contributed by atoms with Gasteiger partial charge in [0.1, 0.15) is 0 Å². The van der Waals surface area contributed by atoms with Gasteiger partial charge in [-0.05, 0) is 6.92 Å². The van der Waals surface area contributed by atoms with Gasteiger partial charge in [0, 0.05) is 5.97 Å². The number of rotatable bonds is 2. The molecular formula is C7H17F3O2. The lowest BCUT2D eigenvalue weighted by atomic mass is 10.3. The smallest absolute Gasteiger partial charge is 0.550 e. The highest BCUT2D eigenvalue weighted by Gasteiger charge is 2.20. The summed E-state index contributed by atoms with van der Waals surface area (Å²) in [5.74, 6) is -4.86. The molecule has 12 heavy (non-hydrogen) atoms. The van der Waals surface area contributed by atoms with Crippen molar-refractivity contribution in [2.75, 3.05) is 7.18 Å². The van der Waals surface area contributed by atoms with Crippen LogP contribution >= 0.6 is 0 Å². The second kappa shape index (κ2) is 10.3. The Labute approximate surface area is 72.9 Å². The molecular weight excluding hydrogens is 173 g/mol. The van der Waals surface area contributed by atoms with Crippen LogP contribution in [-0.2, 0) is 4.79 Å². The average Bonchev–Trinajstić information content (AvgIpc) is 1.64. The van der Waals surface area contributed by atoms with E-state index in [-0.39, 0.29) is 16.3 Å². The van der Waals surface area contributed by atoms with Gasteiger partial charge in [-0.15, -0.1) is 0 Å². The van der Waals surface area contributed by atoms with Crippen molar-refractivity contribution in [2.24, 2.45) is 0 Å². The number of hydrogen-bond acceptors (Lipinski definition) is 2. The summed E-state index contributed by atoms with van der Waals surface area (Å²) in [5, 5.41) is 9.42. The van der Waals surface area contributed by atoms with E-state index in [1.807, 2.05) is 0 Å². The van der Waals surface area contributed by atoms with Crippen molar-refractivity contribution < 1.29 is 24.5 Å². The van der Waals surface area contributed by atoms with Crippen molar-refractivity contribution >= 4 is 5.97 Å². The minimum Gasteiger partial charge on any atom is -0.550 e. The van der Waals surface area contributed by atoms with E-state index >= 15 is 0 Å². The normalized spacial score (nSPS) is 8.08. The van der Waals surface area contributed by atoms with E-state index in [0.29, 0.717) is 14.1 Å². The monoisotopic (exact) mass is 190 g/mol. The van der Waals surface area contributed by atoms with E-state index in [9.17, 15) is 23.1 Å². The molecule has 0 saturated heterocycles. The van der Waals surface area contributed by atoms with Gasteiger partial charge in [-0.25, -0.2) is 8.78 Å². The lowest BCUT2D eigenvalue weighted by Crippen LogP contribution is -2.29. The van der Waals surface area contributed by atoms with Crippen molar-refractivity contribution in [3.05, 3.63) is 0 Å². The molecule has 0 atom stereocenters. The summed E-state index contributed by atoms with van der Waals surface area (Å²) in [4.78, 5) is 9.42. The highest BCUT2D eigenvalue weighted by Crippen LogP contribution is 2.14. The number of halogens is 3. The maximum absolute atomic E-state index is 11.6. The maximum Gasteiger partial charge on any atom is 1.00 e. The topological polar surface area (TPSA) is 40.1 Å². The van der Waals surface area contributed by atoms with Gasteiger partial charge < -0.3 is 9.90 Å². The standard InChI is InChI=1S/C4H6F2O2.CH3F.2CH4/c1-4(5,6)2-3(7)8;1-2;;/h2H2,1H3,(H,7,8);1H3;2*1H4. The zero-order chi connectivity index (χ0) is 8.78. The Balaban J connectivity index is -0.0000000398. The van der Waals surface area contributed by atoms with Crippen LogP contribution in [0.4, 0.5) is 13.2 Å². The molecule has 0 heterocycles. The highest BCUT2D eigenvalue weighted by molar-refractivity contribution is 5.65. The molecule has 0 rings (SSSR count). The molecule has 78 valence electrons. The first-order valence-electron chi connectivity index (χ1n) is 2.37. The van der Waals surface area contributed by atoms with Gasteiger partial charge in [-0.3, -0.25) is 4.39 Å². The first kappa shape index (κ1) is 22.5. The van der Waals surface area contributed by atoms with E-state index in [2.05, 4.69) is 0 Å². The molecule has 0 aliphatic heterocycles. The zero-order valence-corrected chi connectivity index (χ0v) is 5.66. The van der Waals surface area contributed by atoms with E-state index in [1.165, 1.54) is 0 Å². The van der Waals surface area contributed by atoms with Crippen LogP contribution in [0.15, 0.2) is 0 Å². The minimum absolute atomic E-state index is 0. The Morgan fingerprint density at radius 1 is 1.42 bits per heavy atom. The fraction of sp³-hybridized carbons (Fsp3) is 0.857. The fourth-order valence-corrected chi connectivity index (χ4v) is 0.253. The molecule has 0 unspecified atom stereocenters. The Morgan fingerprint density at radius 3 is 1.67 bits per heavy atom. The number of carboxylic acids is 1. The van der Waals surface area contributed by atoms with Gasteiger partial charge in [0.15, 0.2) is 0 Å². The summed E-state index contributed by atoms with van der Waals surface area (Å²) in [5.41, 5.74) is 0. The van der Waals surface area contributed by atoms with Gasteiger partial charge in [0.2, 0.25) is 0 Å². The number of hydrogen-bond donors (Lipinski definition) is 0. The molecule has 0 saturated carbocycles. The van der Waals surface area contributed by atoms with Crippen LogP contribution in [0.3, 0.4) is 0 Å². The van der Waals surface area contributed by atoms with Crippen molar-refractivity contribution in [3.63, 3.8) is 0 Å². The van der Waals surface area contributed by atoms with Gasteiger partial charge in [0.05, 0.1) is 13.6 Å². The van der Waals surface area contributed by atoms with Crippen LogP contribution in [-0.4, -0.2) is 19.1 Å². The van der Waals surface area contributed by atoms with Crippen LogP contribution in [0.2, 0.25) is 0 Å². The Bertz CT molecular complexity index is 104. The summed E-state index contributed by atoms with van der Waals surface area (Å²) < 4.78 is 32.6. The third kappa shape index (κ3) is 34.8. The molecule has 0 aromatic carbocycles. The second-order valence-electron chi connectivity index (χ2n) is 1.62. The molecule has 0 amide bonds. The highest BCUT2D eigenvalue weighted by atomic mass is 19.3. The van der Waals surface area contributed by atoms with Gasteiger partial charge in [0.25, 0.3) is 5.92 Å². The summed E-state index contributed by atoms with van der Waals surface area (Å²) in [6.07, 6.45) is -1.20. The fourth-order valence-electron chi connectivity index (χ4n) is 0.253. The molecule has 0 bridgehead atoms. The number of alkyl halides is 3. The van der Waals surface area contributed by atoms with Crippen molar-refractivity contribution in [2.45, 2.75) is 34.1 Å². The van der Waals surface area contributed by atoms with Crippen LogP contribution in [0.5, 0.6) is 0 Å². The first-order chi connectivity index (χ1) is 4.42. The third-order valence-corrected chi connectivity index (χ3v) is 0.455. The number of carbonyl (C=O) groups excluding carboxylic acids is 1. The third-order valence-electron chi connectivity index (χ3n) is 0.455. The van der Waals surface area contributed by atoms with Crippen molar-refractivity contribution in [1.82, 2.24) is 0 Å². The quantitative estimate of drug-likeness (QED) is 0.665. The van der Waals surface area contributed by atoms with Crippen molar-refractivity contribution in [1.29, 1.82) is 0 Å². The minimum atomic E-state index is -3.14. The maximum atomic E-state index is 11.6. The second-order valence-corrected chi connectivity index (χ2v) is 1.62. The predicted molar refractivity (Wildman–Crippen MR) is 41.9 cm³/mol. The lowest BCUT2D eigenvalue weighted by Gasteiger charge is -2.08. The zero-order valence-electron chi connectivity index (χ0n) is 6.66. The van der Waals surface area contributed by atoms with Crippen LogP contribution in [0.1, 0.15) is 29.6 Å². The molecule has 0 aliphatic rings. The van der Waals surface area contributed by atoms with E-state index in [1.54, 1.807) is 0 Å².